The Morgan fingerprint density at radius 3 is 2.96 bits per heavy atom. The van der Waals surface area contributed by atoms with Crippen LogP contribution in [0.1, 0.15) is 23.2 Å². The van der Waals surface area contributed by atoms with E-state index in [-0.39, 0.29) is 17.6 Å². The number of nitrogens with zero attached hydrogens (tertiary/aromatic N) is 3. The van der Waals surface area contributed by atoms with Crippen molar-refractivity contribution in [3.8, 4) is 5.75 Å². The monoisotopic (exact) mass is 380 g/mol. The van der Waals surface area contributed by atoms with Crippen molar-refractivity contribution in [3.05, 3.63) is 48.4 Å². The molecule has 146 valence electrons. The second-order valence-corrected chi connectivity index (χ2v) is 7.91. The SMILES string of the molecule is COc1ccc(C(=O)NC[C@H]2[C@H]3CN(c4cnccn4)C[C@]34CC[C@H]2O4)cc1. The normalized spacial score (nSPS) is 30.3. The third kappa shape index (κ3) is 2.81. The quantitative estimate of drug-likeness (QED) is 0.854. The number of aromatic nitrogens is 2. The molecule has 2 aromatic rings. The number of methoxy groups -OCH3 is 1. The van der Waals surface area contributed by atoms with Crippen LogP contribution in [0.2, 0.25) is 0 Å². The molecule has 4 heterocycles. The van der Waals surface area contributed by atoms with Crippen LogP contribution >= 0.6 is 0 Å². The number of nitrogens with one attached hydrogen (secondary N) is 1. The number of benzene rings is 1. The second kappa shape index (κ2) is 6.74. The summed E-state index contributed by atoms with van der Waals surface area (Å²) in [5.74, 6) is 2.33. The molecule has 3 fully saturated rings. The van der Waals surface area contributed by atoms with Crippen LogP contribution in [0.5, 0.6) is 5.75 Å². The van der Waals surface area contributed by atoms with Gasteiger partial charge in [-0.3, -0.25) is 9.78 Å². The third-order valence-corrected chi connectivity index (χ3v) is 6.51. The van der Waals surface area contributed by atoms with Gasteiger partial charge in [0.15, 0.2) is 0 Å². The van der Waals surface area contributed by atoms with Crippen molar-refractivity contribution >= 4 is 11.7 Å². The van der Waals surface area contributed by atoms with Gasteiger partial charge in [0, 0.05) is 49.4 Å². The number of rotatable bonds is 5. The Bertz CT molecular complexity index is 860. The number of fused-ring (bicyclic) bond motifs is 1. The molecule has 3 saturated heterocycles. The van der Waals surface area contributed by atoms with E-state index in [4.69, 9.17) is 9.47 Å². The summed E-state index contributed by atoms with van der Waals surface area (Å²) in [5, 5.41) is 3.12. The van der Waals surface area contributed by atoms with Gasteiger partial charge in [0.05, 0.1) is 25.0 Å². The summed E-state index contributed by atoms with van der Waals surface area (Å²) in [6, 6.07) is 7.19. The van der Waals surface area contributed by atoms with Crippen LogP contribution in [0.15, 0.2) is 42.9 Å². The van der Waals surface area contributed by atoms with E-state index in [1.165, 1.54) is 0 Å². The summed E-state index contributed by atoms with van der Waals surface area (Å²) in [4.78, 5) is 23.5. The van der Waals surface area contributed by atoms with E-state index in [2.05, 4.69) is 20.2 Å². The molecule has 2 bridgehead atoms. The molecule has 3 aliphatic heterocycles. The van der Waals surface area contributed by atoms with Crippen LogP contribution in [0.3, 0.4) is 0 Å². The summed E-state index contributed by atoms with van der Waals surface area (Å²) in [6.45, 7) is 2.39. The van der Waals surface area contributed by atoms with Gasteiger partial charge in [0.25, 0.3) is 5.91 Å². The lowest BCUT2D eigenvalue weighted by molar-refractivity contribution is 0.0141. The zero-order valence-electron chi connectivity index (χ0n) is 15.9. The highest BCUT2D eigenvalue weighted by Gasteiger charge is 2.63. The fourth-order valence-corrected chi connectivity index (χ4v) is 5.15. The number of amides is 1. The lowest BCUT2D eigenvalue weighted by Gasteiger charge is -2.29. The number of hydrogen-bond donors (Lipinski definition) is 1. The van der Waals surface area contributed by atoms with Gasteiger partial charge < -0.3 is 19.7 Å². The molecule has 0 saturated carbocycles. The van der Waals surface area contributed by atoms with Gasteiger partial charge in [-0.2, -0.15) is 0 Å². The van der Waals surface area contributed by atoms with E-state index in [0.717, 1.165) is 37.5 Å². The Labute approximate surface area is 164 Å². The molecular weight excluding hydrogens is 356 g/mol. The summed E-state index contributed by atoms with van der Waals surface area (Å²) in [7, 11) is 1.62. The number of carbonyl (C=O) groups is 1. The summed E-state index contributed by atoms with van der Waals surface area (Å²) in [6.07, 6.45) is 7.62. The summed E-state index contributed by atoms with van der Waals surface area (Å²) >= 11 is 0. The standard InChI is InChI=1S/C21H24N4O3/c1-27-15-4-2-14(3-5-15)20(26)24-10-16-17-12-25(19-11-22-8-9-23-19)13-21(17)7-6-18(16)28-21/h2-5,8-9,11,16-18H,6-7,10,12-13H2,1H3,(H,24,26)/t16-,17+,18+,21+/m0/s1. The maximum absolute atomic E-state index is 12.6. The average molecular weight is 380 g/mol. The van der Waals surface area contributed by atoms with E-state index in [1.54, 1.807) is 43.8 Å². The van der Waals surface area contributed by atoms with Gasteiger partial charge in [-0.15, -0.1) is 0 Å². The Morgan fingerprint density at radius 1 is 1.36 bits per heavy atom. The second-order valence-electron chi connectivity index (χ2n) is 7.91. The topological polar surface area (TPSA) is 76.6 Å². The van der Waals surface area contributed by atoms with Crippen molar-refractivity contribution in [1.82, 2.24) is 15.3 Å². The lowest BCUT2D eigenvalue weighted by Crippen LogP contribution is -2.41. The van der Waals surface area contributed by atoms with Crippen molar-refractivity contribution < 1.29 is 14.3 Å². The third-order valence-electron chi connectivity index (χ3n) is 6.51. The molecule has 3 aliphatic rings. The zero-order chi connectivity index (χ0) is 19.1. The van der Waals surface area contributed by atoms with Gasteiger partial charge in [0.1, 0.15) is 11.6 Å². The van der Waals surface area contributed by atoms with Crippen LogP contribution in [0, 0.1) is 11.8 Å². The largest absolute Gasteiger partial charge is 0.497 e. The van der Waals surface area contributed by atoms with Crippen molar-refractivity contribution in [2.24, 2.45) is 11.8 Å². The Hall–Kier alpha value is -2.67. The molecule has 1 aromatic carbocycles. The predicted molar refractivity (Wildman–Crippen MR) is 103 cm³/mol. The van der Waals surface area contributed by atoms with Gasteiger partial charge >= 0.3 is 0 Å². The van der Waals surface area contributed by atoms with E-state index in [9.17, 15) is 4.79 Å². The molecule has 7 nitrogen and oxygen atoms in total. The molecular formula is C21H24N4O3. The lowest BCUT2D eigenvalue weighted by atomic mass is 9.73. The van der Waals surface area contributed by atoms with Crippen LogP contribution in [0.25, 0.3) is 0 Å². The van der Waals surface area contributed by atoms with Crippen LogP contribution in [0.4, 0.5) is 5.82 Å². The molecule has 0 unspecified atom stereocenters. The Kier molecular flexibility index (Phi) is 4.19. The van der Waals surface area contributed by atoms with E-state index in [1.807, 2.05) is 6.20 Å². The predicted octanol–water partition coefficient (Wildman–Crippen LogP) is 1.90. The van der Waals surface area contributed by atoms with Gasteiger partial charge in [0.2, 0.25) is 0 Å². The van der Waals surface area contributed by atoms with Crippen LogP contribution < -0.4 is 15.0 Å². The van der Waals surface area contributed by atoms with Crippen molar-refractivity contribution in [2.45, 2.75) is 24.5 Å². The molecule has 1 amide bonds. The molecule has 5 rings (SSSR count). The number of hydrogen-bond acceptors (Lipinski definition) is 6. The number of carbonyl (C=O) groups excluding carboxylic acids is 1. The van der Waals surface area contributed by atoms with Crippen molar-refractivity contribution in [2.75, 3.05) is 31.6 Å². The highest BCUT2D eigenvalue weighted by Crippen LogP contribution is 2.55. The van der Waals surface area contributed by atoms with Crippen LogP contribution in [-0.4, -0.2) is 54.3 Å². The first-order valence-corrected chi connectivity index (χ1v) is 9.79. The average Bonchev–Trinajstić information content (AvgIpc) is 3.41. The Balaban J connectivity index is 1.27. The minimum atomic E-state index is -0.0995. The molecule has 0 radical (unpaired) electrons. The first-order chi connectivity index (χ1) is 13.7. The number of anilines is 1. The van der Waals surface area contributed by atoms with Crippen molar-refractivity contribution in [1.29, 1.82) is 0 Å². The van der Waals surface area contributed by atoms with Crippen molar-refractivity contribution in [3.63, 3.8) is 0 Å². The molecule has 28 heavy (non-hydrogen) atoms. The highest BCUT2D eigenvalue weighted by atomic mass is 16.5. The molecule has 1 aromatic heterocycles. The maximum atomic E-state index is 12.6. The molecule has 7 heteroatoms. The zero-order valence-corrected chi connectivity index (χ0v) is 15.9. The first-order valence-electron chi connectivity index (χ1n) is 9.79. The van der Waals surface area contributed by atoms with E-state index >= 15 is 0 Å². The number of ether oxygens (including phenoxy) is 2. The fourth-order valence-electron chi connectivity index (χ4n) is 5.15. The first kappa shape index (κ1) is 17.4. The molecule has 0 aliphatic carbocycles. The minimum Gasteiger partial charge on any atom is -0.497 e. The minimum absolute atomic E-state index is 0.0525. The van der Waals surface area contributed by atoms with Gasteiger partial charge in [-0.1, -0.05) is 0 Å². The van der Waals surface area contributed by atoms with Gasteiger partial charge in [-0.25, -0.2) is 4.98 Å². The molecule has 1 N–H and O–H groups in total. The van der Waals surface area contributed by atoms with E-state index < -0.39 is 0 Å². The van der Waals surface area contributed by atoms with E-state index in [0.29, 0.717) is 23.9 Å². The highest BCUT2D eigenvalue weighted by molar-refractivity contribution is 5.94. The summed E-state index contributed by atoms with van der Waals surface area (Å²) in [5.41, 5.74) is 0.546. The maximum Gasteiger partial charge on any atom is 0.251 e. The smallest absolute Gasteiger partial charge is 0.251 e. The van der Waals surface area contributed by atoms with Crippen LogP contribution in [-0.2, 0) is 4.74 Å². The fraction of sp³-hybridized carbons (Fsp3) is 0.476. The van der Waals surface area contributed by atoms with Gasteiger partial charge in [-0.05, 0) is 37.1 Å². The molecule has 4 atom stereocenters. The summed E-state index contributed by atoms with van der Waals surface area (Å²) < 4.78 is 11.6. The Morgan fingerprint density at radius 2 is 2.21 bits per heavy atom. The molecule has 1 spiro atoms.